The summed E-state index contributed by atoms with van der Waals surface area (Å²) in [4.78, 5) is 21.6. The molecule has 3 aromatic rings. The van der Waals surface area contributed by atoms with Gasteiger partial charge in [-0.3, -0.25) is 9.69 Å². The summed E-state index contributed by atoms with van der Waals surface area (Å²) < 4.78 is 18.8. The highest BCUT2D eigenvalue weighted by atomic mass is 35.5. The topological polar surface area (TPSA) is 82.4 Å². The van der Waals surface area contributed by atoms with E-state index in [4.69, 9.17) is 16.0 Å². The van der Waals surface area contributed by atoms with Gasteiger partial charge in [0.2, 0.25) is 0 Å². The fourth-order valence-electron chi connectivity index (χ4n) is 3.13. The molecule has 2 aromatic heterocycles. The molecule has 0 spiro atoms. The van der Waals surface area contributed by atoms with Crippen molar-refractivity contribution in [3.05, 3.63) is 68.5 Å². The Morgan fingerprint density at radius 1 is 1.42 bits per heavy atom. The van der Waals surface area contributed by atoms with Crippen LogP contribution in [-0.4, -0.2) is 26.5 Å². The molecule has 1 aliphatic rings. The maximum Gasteiger partial charge on any atom is 0.256 e. The van der Waals surface area contributed by atoms with Crippen LogP contribution in [-0.2, 0) is 19.5 Å². The highest BCUT2D eigenvalue weighted by Crippen LogP contribution is 2.30. The Hall–Kier alpha value is -2.64. The number of aromatic nitrogens is 2. The van der Waals surface area contributed by atoms with E-state index >= 15 is 0 Å². The van der Waals surface area contributed by atoms with E-state index < -0.39 is 5.82 Å². The van der Waals surface area contributed by atoms with Gasteiger partial charge in [-0.1, -0.05) is 11.6 Å². The van der Waals surface area contributed by atoms with Gasteiger partial charge in [0.15, 0.2) is 11.6 Å². The number of aromatic amines is 1. The first-order valence-corrected chi connectivity index (χ1v) is 8.44. The highest BCUT2D eigenvalue weighted by Gasteiger charge is 2.23. The summed E-state index contributed by atoms with van der Waals surface area (Å²) in [5.41, 5.74) is 1.44. The molecule has 0 atom stereocenters. The van der Waals surface area contributed by atoms with Crippen LogP contribution in [0.2, 0.25) is 5.02 Å². The molecular weight excluding hydrogens is 361 g/mol. The van der Waals surface area contributed by atoms with Gasteiger partial charge in [-0.25, -0.2) is 9.37 Å². The van der Waals surface area contributed by atoms with Gasteiger partial charge in [0.1, 0.15) is 11.6 Å². The molecule has 1 aromatic carbocycles. The van der Waals surface area contributed by atoms with E-state index in [-0.39, 0.29) is 22.9 Å². The number of halogens is 2. The van der Waals surface area contributed by atoms with Crippen LogP contribution >= 0.6 is 11.6 Å². The second kappa shape index (κ2) is 6.59. The van der Waals surface area contributed by atoms with Crippen LogP contribution < -0.4 is 5.56 Å². The Balaban J connectivity index is 1.60. The largest absolute Gasteiger partial charge is 0.506 e. The molecule has 134 valence electrons. The number of furan rings is 1. The van der Waals surface area contributed by atoms with Crippen molar-refractivity contribution in [2.45, 2.75) is 19.5 Å². The lowest BCUT2D eigenvalue weighted by Gasteiger charge is -2.28. The summed E-state index contributed by atoms with van der Waals surface area (Å²) in [6.07, 6.45) is 2.09. The zero-order chi connectivity index (χ0) is 18.3. The SMILES string of the molecule is O=c1[nH]c(-c2ccco2)nc2c1CN(Cc1cc(F)cc(Cl)c1O)CC2. The van der Waals surface area contributed by atoms with Crippen LogP contribution in [0.5, 0.6) is 5.75 Å². The van der Waals surface area contributed by atoms with Crippen LogP contribution in [0.1, 0.15) is 16.8 Å². The minimum atomic E-state index is -0.511. The number of fused-ring (bicyclic) bond motifs is 1. The Morgan fingerprint density at radius 2 is 2.27 bits per heavy atom. The van der Waals surface area contributed by atoms with E-state index in [9.17, 15) is 14.3 Å². The van der Waals surface area contributed by atoms with Crippen molar-refractivity contribution in [3.8, 4) is 17.3 Å². The molecule has 0 saturated heterocycles. The quantitative estimate of drug-likeness (QED) is 0.735. The number of rotatable bonds is 3. The van der Waals surface area contributed by atoms with Gasteiger partial charge in [0, 0.05) is 31.6 Å². The maximum atomic E-state index is 13.6. The number of hydrogen-bond acceptors (Lipinski definition) is 5. The van der Waals surface area contributed by atoms with Gasteiger partial charge in [-0.2, -0.15) is 0 Å². The van der Waals surface area contributed by atoms with Crippen molar-refractivity contribution in [2.24, 2.45) is 0 Å². The standard InChI is InChI=1S/C18H15ClFN3O3/c19-13-7-11(20)6-10(16(13)24)8-23-4-3-14-12(9-23)18(25)22-17(21-14)15-2-1-5-26-15/h1-2,5-7,24H,3-4,8-9H2,(H,21,22,25). The van der Waals surface area contributed by atoms with Gasteiger partial charge in [0.25, 0.3) is 5.56 Å². The Morgan fingerprint density at radius 3 is 3.04 bits per heavy atom. The second-order valence-corrected chi connectivity index (χ2v) is 6.58. The molecule has 4 rings (SSSR count). The number of nitrogens with one attached hydrogen (secondary N) is 1. The molecule has 0 radical (unpaired) electrons. The normalized spacial score (nSPS) is 14.4. The lowest BCUT2D eigenvalue weighted by atomic mass is 10.1. The minimum Gasteiger partial charge on any atom is -0.506 e. The number of phenols is 1. The number of aromatic hydroxyl groups is 1. The van der Waals surface area contributed by atoms with E-state index in [1.165, 1.54) is 12.3 Å². The lowest BCUT2D eigenvalue weighted by molar-refractivity contribution is 0.238. The van der Waals surface area contributed by atoms with Crippen molar-refractivity contribution >= 4 is 11.6 Å². The molecule has 2 N–H and O–H groups in total. The maximum absolute atomic E-state index is 13.6. The second-order valence-electron chi connectivity index (χ2n) is 6.17. The van der Waals surface area contributed by atoms with E-state index in [1.54, 1.807) is 12.1 Å². The number of phenolic OH excluding ortho intramolecular Hbond substituents is 1. The lowest BCUT2D eigenvalue weighted by Crippen LogP contribution is -2.35. The molecule has 0 fully saturated rings. The Bertz CT molecular complexity index is 1020. The fraction of sp³-hybridized carbons (Fsp3) is 0.222. The highest BCUT2D eigenvalue weighted by molar-refractivity contribution is 6.32. The van der Waals surface area contributed by atoms with Crippen LogP contribution in [0.25, 0.3) is 11.6 Å². The van der Waals surface area contributed by atoms with Crippen LogP contribution in [0.3, 0.4) is 0 Å². The predicted octanol–water partition coefficient (Wildman–Crippen LogP) is 3.09. The number of H-pyrrole nitrogens is 1. The van der Waals surface area contributed by atoms with Crippen LogP contribution in [0.4, 0.5) is 4.39 Å². The number of benzene rings is 1. The molecule has 0 saturated carbocycles. The molecule has 8 heteroatoms. The Labute approximate surface area is 152 Å². The fourth-order valence-corrected chi connectivity index (χ4v) is 3.35. The van der Waals surface area contributed by atoms with E-state index in [1.807, 2.05) is 4.90 Å². The number of hydrogen-bond donors (Lipinski definition) is 2. The minimum absolute atomic E-state index is 0.0278. The van der Waals surface area contributed by atoms with Gasteiger partial charge in [0.05, 0.1) is 22.5 Å². The molecule has 0 aliphatic carbocycles. The molecule has 1 aliphatic heterocycles. The predicted molar refractivity (Wildman–Crippen MR) is 93.5 cm³/mol. The van der Waals surface area contributed by atoms with Crippen molar-refractivity contribution in [3.63, 3.8) is 0 Å². The third-order valence-corrected chi connectivity index (χ3v) is 4.69. The molecular formula is C18H15ClFN3O3. The van der Waals surface area contributed by atoms with Crippen LogP contribution in [0, 0.1) is 5.82 Å². The van der Waals surface area contributed by atoms with Crippen molar-refractivity contribution < 1.29 is 13.9 Å². The monoisotopic (exact) mass is 375 g/mol. The summed E-state index contributed by atoms with van der Waals surface area (Å²) >= 11 is 5.83. The van der Waals surface area contributed by atoms with Gasteiger partial charge >= 0.3 is 0 Å². The number of nitrogens with zero attached hydrogens (tertiary/aromatic N) is 2. The summed E-state index contributed by atoms with van der Waals surface area (Å²) in [5, 5.41) is 10.0. The smallest absolute Gasteiger partial charge is 0.256 e. The van der Waals surface area contributed by atoms with Gasteiger partial charge in [-0.05, 0) is 24.3 Å². The van der Waals surface area contributed by atoms with Gasteiger partial charge in [-0.15, -0.1) is 0 Å². The molecule has 0 bridgehead atoms. The van der Waals surface area contributed by atoms with Gasteiger partial charge < -0.3 is 14.5 Å². The van der Waals surface area contributed by atoms with Crippen molar-refractivity contribution in [1.82, 2.24) is 14.9 Å². The molecule has 3 heterocycles. The first-order valence-electron chi connectivity index (χ1n) is 8.06. The molecule has 6 nitrogen and oxygen atoms in total. The Kier molecular flexibility index (Phi) is 4.26. The third-order valence-electron chi connectivity index (χ3n) is 4.40. The zero-order valence-corrected chi connectivity index (χ0v) is 14.4. The van der Waals surface area contributed by atoms with Crippen LogP contribution in [0.15, 0.2) is 39.7 Å². The molecule has 0 amide bonds. The summed E-state index contributed by atoms with van der Waals surface area (Å²) in [7, 11) is 0. The van der Waals surface area contributed by atoms with E-state index in [2.05, 4.69) is 9.97 Å². The first-order chi connectivity index (χ1) is 12.5. The third kappa shape index (κ3) is 3.11. The molecule has 26 heavy (non-hydrogen) atoms. The molecule has 0 unspecified atom stereocenters. The van der Waals surface area contributed by atoms with E-state index in [0.29, 0.717) is 42.2 Å². The summed E-state index contributed by atoms with van der Waals surface area (Å²) in [6.45, 7) is 1.25. The zero-order valence-electron chi connectivity index (χ0n) is 13.6. The average Bonchev–Trinajstić information content (AvgIpc) is 3.14. The summed E-state index contributed by atoms with van der Waals surface area (Å²) in [6, 6.07) is 5.78. The van der Waals surface area contributed by atoms with E-state index in [0.717, 1.165) is 11.8 Å². The average molecular weight is 376 g/mol. The van der Waals surface area contributed by atoms with Crippen molar-refractivity contribution in [1.29, 1.82) is 0 Å². The first kappa shape index (κ1) is 16.8. The summed E-state index contributed by atoms with van der Waals surface area (Å²) in [5.74, 6) is 0.260. The van der Waals surface area contributed by atoms with Crippen molar-refractivity contribution in [2.75, 3.05) is 6.54 Å².